The highest BCUT2D eigenvalue weighted by Gasteiger charge is 2.60. The lowest BCUT2D eigenvalue weighted by Gasteiger charge is -2.56. The van der Waals surface area contributed by atoms with Crippen molar-refractivity contribution in [1.29, 1.82) is 0 Å². The second kappa shape index (κ2) is 7.42. The second-order valence-electron chi connectivity index (χ2n) is 12.8. The zero-order valence-corrected chi connectivity index (χ0v) is 20.6. The minimum absolute atomic E-state index is 0.0390. The van der Waals surface area contributed by atoms with Crippen molar-refractivity contribution in [2.24, 2.45) is 46.3 Å². The van der Waals surface area contributed by atoms with Gasteiger partial charge in [0.25, 0.3) is 0 Å². The van der Waals surface area contributed by atoms with Crippen LogP contribution in [0.2, 0.25) is 0 Å². The van der Waals surface area contributed by atoms with Crippen LogP contribution in [0.3, 0.4) is 0 Å². The molecule has 0 amide bonds. The number of rotatable bonds is 4. The van der Waals surface area contributed by atoms with Gasteiger partial charge in [-0.1, -0.05) is 47.1 Å². The molecule has 3 saturated carbocycles. The minimum atomic E-state index is -0.112. The van der Waals surface area contributed by atoms with Crippen LogP contribution in [0.5, 0.6) is 0 Å². The fourth-order valence-corrected chi connectivity index (χ4v) is 8.70. The van der Waals surface area contributed by atoms with Crippen LogP contribution in [0, 0.1) is 46.3 Å². The molecule has 5 rings (SSSR count). The molecule has 0 aromatic heterocycles. The molecule has 1 heterocycles. The molecule has 4 aliphatic carbocycles. The van der Waals surface area contributed by atoms with E-state index in [-0.39, 0.29) is 16.9 Å². The maximum Gasteiger partial charge on any atom is 0.159 e. The molecular weight excluding hydrogens is 384 g/mol. The molecule has 10 atom stereocenters. The van der Waals surface area contributed by atoms with Crippen LogP contribution in [0.4, 0.5) is 0 Å². The van der Waals surface area contributed by atoms with Gasteiger partial charge in [0.2, 0.25) is 0 Å². The monoisotopic (exact) mass is 428 g/mol. The molecule has 0 aromatic carbocycles. The van der Waals surface area contributed by atoms with E-state index in [9.17, 15) is 9.90 Å². The summed E-state index contributed by atoms with van der Waals surface area (Å²) in [5, 5.41) is 10.3. The molecule has 4 fully saturated rings. The molecule has 0 spiro atoms. The molecular formula is C28H44O3. The molecule has 0 aromatic rings. The number of ether oxygens (including phenoxy) is 1. The molecule has 1 N–H and O–H groups in total. The van der Waals surface area contributed by atoms with Crippen LogP contribution >= 0.6 is 0 Å². The molecule has 3 heteroatoms. The molecule has 5 aliphatic rings. The average molecular weight is 429 g/mol. The van der Waals surface area contributed by atoms with Gasteiger partial charge in [-0.25, -0.2) is 0 Å². The second-order valence-corrected chi connectivity index (χ2v) is 12.8. The van der Waals surface area contributed by atoms with Crippen molar-refractivity contribution in [3.63, 3.8) is 0 Å². The fourth-order valence-electron chi connectivity index (χ4n) is 8.70. The number of aliphatic hydroxyl groups is 1. The summed E-state index contributed by atoms with van der Waals surface area (Å²) >= 11 is 0. The third-order valence-corrected chi connectivity index (χ3v) is 11.1. The maximum absolute atomic E-state index is 13.5. The van der Waals surface area contributed by atoms with Crippen molar-refractivity contribution in [2.45, 2.75) is 111 Å². The van der Waals surface area contributed by atoms with E-state index in [1.807, 2.05) is 0 Å². The number of ketones is 1. The third kappa shape index (κ3) is 3.23. The topological polar surface area (TPSA) is 49.8 Å². The molecule has 0 bridgehead atoms. The Morgan fingerprint density at radius 1 is 1.03 bits per heavy atom. The van der Waals surface area contributed by atoms with Gasteiger partial charge in [0.05, 0.1) is 18.3 Å². The van der Waals surface area contributed by atoms with Gasteiger partial charge in [0.15, 0.2) is 5.78 Å². The van der Waals surface area contributed by atoms with E-state index < -0.39 is 0 Å². The van der Waals surface area contributed by atoms with Gasteiger partial charge in [-0.15, -0.1) is 0 Å². The normalized spacial score (nSPS) is 48.8. The van der Waals surface area contributed by atoms with Gasteiger partial charge in [0, 0.05) is 12.0 Å². The fraction of sp³-hybridized carbons (Fsp3) is 0.893. The van der Waals surface area contributed by atoms with E-state index in [0.29, 0.717) is 53.5 Å². The summed E-state index contributed by atoms with van der Waals surface area (Å²) in [5.41, 5.74) is 3.10. The van der Waals surface area contributed by atoms with Crippen LogP contribution in [0.1, 0.15) is 92.9 Å². The van der Waals surface area contributed by atoms with Crippen molar-refractivity contribution < 1.29 is 14.6 Å². The van der Waals surface area contributed by atoms with E-state index >= 15 is 0 Å². The van der Waals surface area contributed by atoms with Crippen LogP contribution in [0.25, 0.3) is 0 Å². The highest BCUT2D eigenvalue weighted by atomic mass is 16.6. The predicted molar refractivity (Wildman–Crippen MR) is 123 cm³/mol. The lowest BCUT2D eigenvalue weighted by Crippen LogP contribution is -2.48. The van der Waals surface area contributed by atoms with Gasteiger partial charge < -0.3 is 9.84 Å². The summed E-state index contributed by atoms with van der Waals surface area (Å²) in [6.45, 7) is 14.2. The van der Waals surface area contributed by atoms with Crippen molar-refractivity contribution in [3.8, 4) is 0 Å². The van der Waals surface area contributed by atoms with Gasteiger partial charge in [-0.2, -0.15) is 0 Å². The zero-order valence-electron chi connectivity index (χ0n) is 20.6. The minimum Gasteiger partial charge on any atom is -0.393 e. The Balaban J connectivity index is 1.42. The molecule has 31 heavy (non-hydrogen) atoms. The first-order chi connectivity index (χ1) is 14.6. The Morgan fingerprint density at radius 2 is 1.77 bits per heavy atom. The first-order valence-corrected chi connectivity index (χ1v) is 13.2. The van der Waals surface area contributed by atoms with E-state index in [0.717, 1.165) is 44.9 Å². The van der Waals surface area contributed by atoms with Crippen LogP contribution < -0.4 is 0 Å². The quantitative estimate of drug-likeness (QED) is 0.563. The Kier molecular flexibility index (Phi) is 5.30. The smallest absolute Gasteiger partial charge is 0.159 e. The Bertz CT molecular complexity index is 783. The van der Waals surface area contributed by atoms with Crippen LogP contribution in [-0.2, 0) is 9.53 Å². The van der Waals surface area contributed by atoms with Gasteiger partial charge in [-0.05, 0) is 91.3 Å². The van der Waals surface area contributed by atoms with Crippen molar-refractivity contribution in [2.75, 3.05) is 0 Å². The predicted octanol–water partition coefficient (Wildman–Crippen LogP) is 5.95. The van der Waals surface area contributed by atoms with E-state index in [1.165, 1.54) is 17.6 Å². The Morgan fingerprint density at radius 3 is 2.48 bits per heavy atom. The van der Waals surface area contributed by atoms with Gasteiger partial charge >= 0.3 is 0 Å². The van der Waals surface area contributed by atoms with Gasteiger partial charge in [0.1, 0.15) is 0 Å². The number of carbonyl (C=O) groups excluding carboxylic acids is 1. The number of epoxide rings is 1. The zero-order chi connectivity index (χ0) is 22.3. The maximum atomic E-state index is 13.5. The summed E-state index contributed by atoms with van der Waals surface area (Å²) in [5.74, 6) is 3.74. The molecule has 0 radical (unpaired) electrons. The third-order valence-electron chi connectivity index (χ3n) is 11.1. The summed E-state index contributed by atoms with van der Waals surface area (Å²) in [7, 11) is 0. The lowest BCUT2D eigenvalue weighted by molar-refractivity contribution is -0.115. The summed E-state index contributed by atoms with van der Waals surface area (Å²) in [6, 6.07) is 0. The summed E-state index contributed by atoms with van der Waals surface area (Å²) < 4.78 is 6.23. The highest BCUT2D eigenvalue weighted by molar-refractivity contribution is 6.00. The average Bonchev–Trinajstić information content (AvgIpc) is 3.46. The number of aliphatic hydroxyl groups excluding tert-OH is 1. The SMILES string of the molecule is CC(C)C(C)[C@H]1O[C@@H]1[C@@H](C)[C@H]1CC(=O)C2=C3CC[C@H]4C[C@@H](O)CC[C@]4(C)[C@H]3CC[C@@]21C. The van der Waals surface area contributed by atoms with Gasteiger partial charge in [-0.3, -0.25) is 4.79 Å². The summed E-state index contributed by atoms with van der Waals surface area (Å²) in [4.78, 5) is 13.5. The number of hydrogen-bond acceptors (Lipinski definition) is 3. The first kappa shape index (κ1) is 22.1. The van der Waals surface area contributed by atoms with Crippen LogP contribution in [-0.4, -0.2) is 29.2 Å². The number of hydrogen-bond donors (Lipinski definition) is 1. The van der Waals surface area contributed by atoms with E-state index in [4.69, 9.17) is 4.74 Å². The summed E-state index contributed by atoms with van der Waals surface area (Å²) in [6.07, 6.45) is 8.98. The number of carbonyl (C=O) groups is 1. The number of Topliss-reactive ketones (excluding diaryl/α,β-unsaturated/α-hetero) is 1. The first-order valence-electron chi connectivity index (χ1n) is 13.2. The Hall–Kier alpha value is -0.670. The standard InChI is InChI=1S/C28H44O3/c1-15(2)16(3)25-26(31-25)17(4)22-14-23(30)24-20-8-7-18-13-19(29)9-11-27(18,5)21(20)10-12-28(22,24)6/h15-19,21-22,25-26,29H,7-14H2,1-6H3/t16?,17-,18-,19-,21-,22+,25+,26+,27-,28+/m0/s1. The van der Waals surface area contributed by atoms with E-state index in [1.54, 1.807) is 0 Å². The number of allylic oxidation sites excluding steroid dienone is 2. The molecule has 1 saturated heterocycles. The van der Waals surface area contributed by atoms with Crippen molar-refractivity contribution >= 4 is 5.78 Å². The van der Waals surface area contributed by atoms with Crippen molar-refractivity contribution in [1.82, 2.24) is 0 Å². The molecule has 174 valence electrons. The van der Waals surface area contributed by atoms with E-state index in [2.05, 4.69) is 41.5 Å². The Labute approximate surface area is 189 Å². The number of fused-ring (bicyclic) bond motifs is 4. The highest BCUT2D eigenvalue weighted by Crippen LogP contribution is 2.65. The van der Waals surface area contributed by atoms with Crippen molar-refractivity contribution in [3.05, 3.63) is 11.1 Å². The van der Waals surface area contributed by atoms with Crippen LogP contribution in [0.15, 0.2) is 11.1 Å². The molecule has 1 aliphatic heterocycles. The largest absolute Gasteiger partial charge is 0.393 e. The lowest BCUT2D eigenvalue weighted by atomic mass is 9.48. The molecule has 3 nitrogen and oxygen atoms in total. The molecule has 1 unspecified atom stereocenters.